The lowest BCUT2D eigenvalue weighted by atomic mass is 10.0. The topological polar surface area (TPSA) is 237 Å². The maximum Gasteiger partial charge on any atom is 0.472 e. The van der Waals surface area contributed by atoms with Crippen LogP contribution in [0.3, 0.4) is 0 Å². The second-order valence-electron chi connectivity index (χ2n) is 27.7. The summed E-state index contributed by atoms with van der Waals surface area (Å²) in [5.41, 5.74) is 0. The zero-order valence-corrected chi connectivity index (χ0v) is 64.1. The Hall–Kier alpha value is -1.94. The minimum Gasteiger partial charge on any atom is -0.462 e. The standard InChI is InChI=1S/C77H150O17P2/c1-5-9-13-17-21-25-28-31-32-33-34-35-36-37-38-39-42-45-48-52-56-60-64-77(82)94-73(68-88-75(80)62-58-54-50-46-43-40-29-26-22-18-14-10-6-2)70-92-96(85,86)90-66-71(78)65-89-95(83,84)91-69-72(67-87-74(79)61-57-53-49-24-20-16-12-8-4)93-76(81)63-59-55-51-47-44-41-30-27-23-19-15-11-7-3/h71-73,78H,5-70H2,1-4H3,(H,83,84)(H,85,86)/t71-,72+,73+/m0/s1. The highest BCUT2D eigenvalue weighted by Gasteiger charge is 2.30. The van der Waals surface area contributed by atoms with Crippen molar-refractivity contribution in [3.8, 4) is 0 Å². The minimum atomic E-state index is -4.96. The maximum atomic E-state index is 13.1. The number of aliphatic hydroxyl groups excluding tert-OH is 1. The maximum absolute atomic E-state index is 13.1. The molecular formula is C77H150O17P2. The van der Waals surface area contributed by atoms with E-state index in [1.807, 2.05) is 0 Å². The Morgan fingerprint density at radius 2 is 0.417 bits per heavy atom. The third kappa shape index (κ3) is 70.5. The van der Waals surface area contributed by atoms with Gasteiger partial charge in [-0.05, 0) is 25.7 Å². The molecule has 0 amide bonds. The van der Waals surface area contributed by atoms with E-state index in [-0.39, 0.29) is 25.7 Å². The van der Waals surface area contributed by atoms with E-state index >= 15 is 0 Å². The first-order valence-electron chi connectivity index (χ1n) is 40.3. The molecule has 3 N–H and O–H groups in total. The van der Waals surface area contributed by atoms with Crippen molar-refractivity contribution < 1.29 is 80.2 Å². The zero-order chi connectivity index (χ0) is 70.4. The average molecular weight is 1410 g/mol. The second kappa shape index (κ2) is 71.5. The van der Waals surface area contributed by atoms with Crippen LogP contribution >= 0.6 is 15.6 Å². The Bertz CT molecular complexity index is 1830. The van der Waals surface area contributed by atoms with Crippen LogP contribution in [0.2, 0.25) is 0 Å². The van der Waals surface area contributed by atoms with Crippen LogP contribution in [0.4, 0.5) is 0 Å². The monoisotopic (exact) mass is 1410 g/mol. The molecule has 0 saturated heterocycles. The molecule has 0 rings (SSSR count). The molecule has 0 aromatic rings. The summed E-state index contributed by atoms with van der Waals surface area (Å²) in [4.78, 5) is 72.7. The summed E-state index contributed by atoms with van der Waals surface area (Å²) in [7, 11) is -9.90. The number of rotatable bonds is 78. The number of aliphatic hydroxyl groups is 1. The van der Waals surface area contributed by atoms with Gasteiger partial charge in [-0.3, -0.25) is 37.3 Å². The Morgan fingerprint density at radius 3 is 0.615 bits per heavy atom. The van der Waals surface area contributed by atoms with Crippen LogP contribution in [0.25, 0.3) is 0 Å². The van der Waals surface area contributed by atoms with E-state index in [0.717, 1.165) is 89.9 Å². The van der Waals surface area contributed by atoms with Gasteiger partial charge in [0.05, 0.1) is 26.4 Å². The first-order valence-corrected chi connectivity index (χ1v) is 43.3. The van der Waals surface area contributed by atoms with Crippen molar-refractivity contribution in [2.75, 3.05) is 39.6 Å². The summed E-state index contributed by atoms with van der Waals surface area (Å²) >= 11 is 0. The number of carbonyl (C=O) groups is 4. The van der Waals surface area contributed by atoms with Crippen LogP contribution < -0.4 is 0 Å². The number of esters is 4. The van der Waals surface area contributed by atoms with Crippen molar-refractivity contribution in [3.05, 3.63) is 0 Å². The molecule has 19 heteroatoms. The van der Waals surface area contributed by atoms with Gasteiger partial charge in [0, 0.05) is 25.7 Å². The Kier molecular flexibility index (Phi) is 70.0. The molecule has 0 aliphatic heterocycles. The van der Waals surface area contributed by atoms with Crippen LogP contribution in [-0.4, -0.2) is 96.7 Å². The number of hydrogen-bond donors (Lipinski definition) is 3. The fourth-order valence-electron chi connectivity index (χ4n) is 11.9. The van der Waals surface area contributed by atoms with Gasteiger partial charge in [0.15, 0.2) is 12.2 Å². The molecule has 570 valence electrons. The first-order chi connectivity index (χ1) is 46.7. The van der Waals surface area contributed by atoms with Gasteiger partial charge in [-0.25, -0.2) is 9.13 Å². The van der Waals surface area contributed by atoms with E-state index < -0.39 is 97.5 Å². The van der Waals surface area contributed by atoms with Gasteiger partial charge < -0.3 is 33.8 Å². The minimum absolute atomic E-state index is 0.108. The Morgan fingerprint density at radius 1 is 0.250 bits per heavy atom. The van der Waals surface area contributed by atoms with Crippen LogP contribution in [0.15, 0.2) is 0 Å². The summed E-state index contributed by atoms with van der Waals surface area (Å²) in [6, 6.07) is 0. The molecule has 0 radical (unpaired) electrons. The number of phosphoric ester groups is 2. The predicted octanol–water partition coefficient (Wildman–Crippen LogP) is 23.0. The fraction of sp³-hybridized carbons (Fsp3) is 0.948. The van der Waals surface area contributed by atoms with Gasteiger partial charge in [0.25, 0.3) is 0 Å². The van der Waals surface area contributed by atoms with Crippen molar-refractivity contribution in [2.24, 2.45) is 0 Å². The molecule has 2 unspecified atom stereocenters. The summed E-state index contributed by atoms with van der Waals surface area (Å²) < 4.78 is 68.5. The van der Waals surface area contributed by atoms with E-state index in [9.17, 15) is 43.2 Å². The highest BCUT2D eigenvalue weighted by molar-refractivity contribution is 7.47. The average Bonchev–Trinajstić information content (AvgIpc) is 1.65. The lowest BCUT2D eigenvalue weighted by Crippen LogP contribution is -2.30. The Labute approximate surface area is 588 Å². The summed E-state index contributed by atoms with van der Waals surface area (Å²) in [5, 5.41) is 10.6. The van der Waals surface area contributed by atoms with Gasteiger partial charge in [-0.1, -0.05) is 362 Å². The lowest BCUT2D eigenvalue weighted by Gasteiger charge is -2.21. The van der Waals surface area contributed by atoms with Crippen LogP contribution in [0.5, 0.6) is 0 Å². The molecule has 0 saturated carbocycles. The molecule has 0 aliphatic carbocycles. The van der Waals surface area contributed by atoms with E-state index in [1.54, 1.807) is 0 Å². The SMILES string of the molecule is CCCCCCCCCCCCCCCCCCCCCCCCC(=O)O[C@H](COC(=O)CCCCCCCCCCCCCCC)COP(=O)(O)OC[C@@H](O)COP(=O)(O)OC[C@@H](COC(=O)CCCCCCCCCC)OC(=O)CCCCCCCCCCCCCCC. The van der Waals surface area contributed by atoms with Gasteiger partial charge >= 0.3 is 39.5 Å². The van der Waals surface area contributed by atoms with Gasteiger partial charge in [0.2, 0.25) is 0 Å². The van der Waals surface area contributed by atoms with E-state index in [4.69, 9.17) is 37.0 Å². The summed E-state index contributed by atoms with van der Waals surface area (Å²) in [5.74, 6) is -2.11. The normalized spacial score (nSPS) is 13.9. The molecular weight excluding hydrogens is 1260 g/mol. The molecule has 96 heavy (non-hydrogen) atoms. The fourth-order valence-corrected chi connectivity index (χ4v) is 13.5. The van der Waals surface area contributed by atoms with Crippen molar-refractivity contribution in [1.29, 1.82) is 0 Å². The van der Waals surface area contributed by atoms with Crippen LogP contribution in [-0.2, 0) is 65.4 Å². The predicted molar refractivity (Wildman–Crippen MR) is 391 cm³/mol. The molecule has 0 fully saturated rings. The van der Waals surface area contributed by atoms with Gasteiger partial charge in [-0.15, -0.1) is 0 Å². The van der Waals surface area contributed by atoms with Crippen LogP contribution in [0, 0.1) is 0 Å². The molecule has 17 nitrogen and oxygen atoms in total. The quantitative estimate of drug-likeness (QED) is 0.0222. The number of unbranched alkanes of at least 4 members (excludes halogenated alkanes) is 52. The number of hydrogen-bond acceptors (Lipinski definition) is 15. The molecule has 5 atom stereocenters. The Balaban J connectivity index is 5.15. The van der Waals surface area contributed by atoms with Crippen molar-refractivity contribution in [3.63, 3.8) is 0 Å². The van der Waals surface area contributed by atoms with Crippen molar-refractivity contribution >= 4 is 39.5 Å². The lowest BCUT2D eigenvalue weighted by molar-refractivity contribution is -0.161. The van der Waals surface area contributed by atoms with E-state index in [2.05, 4.69) is 27.7 Å². The second-order valence-corrected chi connectivity index (χ2v) is 30.7. The molecule has 0 bridgehead atoms. The first kappa shape index (κ1) is 94.1. The number of phosphoric acid groups is 2. The van der Waals surface area contributed by atoms with Gasteiger partial charge in [0.1, 0.15) is 19.3 Å². The third-order valence-electron chi connectivity index (χ3n) is 18.1. The highest BCUT2D eigenvalue weighted by Crippen LogP contribution is 2.45. The largest absolute Gasteiger partial charge is 0.472 e. The molecule has 0 aliphatic rings. The molecule has 0 aromatic heterocycles. The van der Waals surface area contributed by atoms with Gasteiger partial charge in [-0.2, -0.15) is 0 Å². The van der Waals surface area contributed by atoms with E-state index in [0.29, 0.717) is 25.7 Å². The van der Waals surface area contributed by atoms with Crippen molar-refractivity contribution in [1.82, 2.24) is 0 Å². The smallest absolute Gasteiger partial charge is 0.462 e. The molecule has 0 aromatic carbocycles. The third-order valence-corrected chi connectivity index (χ3v) is 20.0. The number of carbonyl (C=O) groups excluding carboxylic acids is 4. The summed E-state index contributed by atoms with van der Waals surface area (Å²) in [6.07, 6.45) is 62.5. The molecule has 0 spiro atoms. The van der Waals surface area contributed by atoms with E-state index in [1.165, 1.54) is 244 Å². The highest BCUT2D eigenvalue weighted by atomic mass is 31.2. The summed E-state index contributed by atoms with van der Waals surface area (Å²) in [6.45, 7) is 4.97. The molecule has 0 heterocycles. The van der Waals surface area contributed by atoms with Crippen molar-refractivity contribution in [2.45, 2.75) is 431 Å². The zero-order valence-electron chi connectivity index (χ0n) is 62.4. The number of ether oxygens (including phenoxy) is 4. The van der Waals surface area contributed by atoms with Crippen LogP contribution in [0.1, 0.15) is 413 Å².